The molecule has 3 rings (SSSR count). The summed E-state index contributed by atoms with van der Waals surface area (Å²) in [5, 5.41) is 10.3. The maximum Gasteiger partial charge on any atom is 0.266 e. The molecule has 0 unspecified atom stereocenters. The summed E-state index contributed by atoms with van der Waals surface area (Å²) in [6.45, 7) is 3.70. The first-order chi connectivity index (χ1) is 12.7. The Bertz CT molecular complexity index is 761. The summed E-state index contributed by atoms with van der Waals surface area (Å²) in [6, 6.07) is 8.23. The van der Waals surface area contributed by atoms with Crippen LogP contribution in [0.25, 0.3) is 0 Å². The van der Waals surface area contributed by atoms with Crippen LogP contribution in [-0.2, 0) is 4.79 Å². The lowest BCUT2D eigenvalue weighted by molar-refractivity contribution is -0.122. The maximum atomic E-state index is 12.6. The Hall–Kier alpha value is -1.28. The third kappa shape index (κ3) is 4.17. The van der Waals surface area contributed by atoms with Crippen LogP contribution >= 0.6 is 35.7 Å². The molecule has 0 aromatic heterocycles. The highest BCUT2D eigenvalue weighted by molar-refractivity contribution is 8.26. The molecule has 2 heterocycles. The summed E-state index contributed by atoms with van der Waals surface area (Å²) in [4.78, 5) is 18.3. The van der Waals surface area contributed by atoms with Crippen LogP contribution in [0.2, 0.25) is 0 Å². The van der Waals surface area contributed by atoms with Gasteiger partial charge in [-0.05, 0) is 37.1 Å². The van der Waals surface area contributed by atoms with E-state index < -0.39 is 0 Å². The van der Waals surface area contributed by atoms with Crippen LogP contribution < -0.4 is 4.90 Å². The van der Waals surface area contributed by atoms with E-state index in [1.807, 2.05) is 24.3 Å². The third-order valence-electron chi connectivity index (χ3n) is 4.16. The fourth-order valence-electron chi connectivity index (χ4n) is 2.81. The van der Waals surface area contributed by atoms with Crippen molar-refractivity contribution in [1.29, 1.82) is 0 Å². The molecule has 4 nitrogen and oxygen atoms in total. The van der Waals surface area contributed by atoms with E-state index in [0.717, 1.165) is 30.1 Å². The average molecular weight is 407 g/mol. The molecule has 0 aliphatic carbocycles. The number of thioether (sulfide) groups is 2. The lowest BCUT2D eigenvalue weighted by atomic mass is 10.2. The summed E-state index contributed by atoms with van der Waals surface area (Å²) in [5.74, 6) is 0.00715. The van der Waals surface area contributed by atoms with E-state index in [4.69, 9.17) is 12.2 Å². The Morgan fingerprint density at radius 1 is 1.12 bits per heavy atom. The number of fused-ring (bicyclic) bond motifs is 1. The smallest absolute Gasteiger partial charge is 0.266 e. The van der Waals surface area contributed by atoms with E-state index in [0.29, 0.717) is 22.2 Å². The highest BCUT2D eigenvalue weighted by atomic mass is 32.2. The number of aliphatic hydroxyl groups excluding tert-OH is 1. The van der Waals surface area contributed by atoms with Gasteiger partial charge in [-0.1, -0.05) is 61.2 Å². The second kappa shape index (κ2) is 9.08. The monoisotopic (exact) mass is 406 g/mol. The zero-order valence-electron chi connectivity index (χ0n) is 14.7. The Morgan fingerprint density at radius 3 is 2.65 bits per heavy atom. The van der Waals surface area contributed by atoms with Gasteiger partial charge in [0.1, 0.15) is 4.32 Å². The molecule has 1 amide bonds. The van der Waals surface area contributed by atoms with Crippen LogP contribution in [0.1, 0.15) is 26.2 Å². The van der Waals surface area contributed by atoms with Crippen LogP contribution in [0.15, 0.2) is 51.2 Å². The number of hydrogen-bond acceptors (Lipinski definition) is 6. The normalized spacial score (nSPS) is 19.9. The zero-order chi connectivity index (χ0) is 18.5. The second-order valence-corrected chi connectivity index (χ2v) is 8.75. The summed E-state index contributed by atoms with van der Waals surface area (Å²) in [6.07, 6.45) is 6.57. The fraction of sp³-hybridized carbons (Fsp3) is 0.368. The van der Waals surface area contributed by atoms with Gasteiger partial charge in [-0.3, -0.25) is 9.69 Å². The summed E-state index contributed by atoms with van der Waals surface area (Å²) in [7, 11) is 0. The minimum absolute atomic E-state index is 0.00715. The number of allylic oxidation sites excluding steroid dienone is 2. The van der Waals surface area contributed by atoms with Crippen molar-refractivity contribution in [3.05, 3.63) is 46.4 Å². The fourth-order valence-corrected chi connectivity index (χ4v) is 5.15. The van der Waals surface area contributed by atoms with Crippen molar-refractivity contribution >= 4 is 51.7 Å². The SMILES string of the molecule is CCCCN1C(=O)/C(=C\C=C2/Sc3ccccc3N2CCCO)SC1=S. The summed E-state index contributed by atoms with van der Waals surface area (Å²) < 4.78 is 0.646. The molecule has 138 valence electrons. The molecule has 1 N–H and O–H groups in total. The predicted molar refractivity (Wildman–Crippen MR) is 114 cm³/mol. The second-order valence-electron chi connectivity index (χ2n) is 6.01. The Morgan fingerprint density at radius 2 is 1.88 bits per heavy atom. The largest absolute Gasteiger partial charge is 0.396 e. The minimum atomic E-state index is 0.00715. The van der Waals surface area contributed by atoms with Crippen LogP contribution in [0.5, 0.6) is 0 Å². The Balaban J connectivity index is 1.80. The molecular formula is C19H22N2O2S3. The number of anilines is 1. The molecule has 2 aliphatic heterocycles. The predicted octanol–water partition coefficient (Wildman–Crippen LogP) is 4.37. The first kappa shape index (κ1) is 19.5. The molecule has 1 aromatic rings. The van der Waals surface area contributed by atoms with Gasteiger partial charge in [0.05, 0.1) is 15.6 Å². The molecule has 7 heteroatoms. The molecule has 0 bridgehead atoms. The molecule has 1 aromatic carbocycles. The van der Waals surface area contributed by atoms with E-state index in [1.54, 1.807) is 16.7 Å². The van der Waals surface area contributed by atoms with E-state index >= 15 is 0 Å². The first-order valence-corrected chi connectivity index (χ1v) is 10.8. The molecule has 1 fully saturated rings. The number of aliphatic hydroxyl groups is 1. The van der Waals surface area contributed by atoms with Crippen LogP contribution in [0.4, 0.5) is 5.69 Å². The number of nitrogens with zero attached hydrogens (tertiary/aromatic N) is 2. The van der Waals surface area contributed by atoms with Crippen LogP contribution in [-0.4, -0.2) is 39.9 Å². The van der Waals surface area contributed by atoms with E-state index in [2.05, 4.69) is 24.0 Å². The molecule has 0 spiro atoms. The number of unbranched alkanes of at least 4 members (excludes halogenated alkanes) is 1. The van der Waals surface area contributed by atoms with Gasteiger partial charge in [0.25, 0.3) is 5.91 Å². The number of carbonyl (C=O) groups excluding carboxylic acids is 1. The Kier molecular flexibility index (Phi) is 6.80. The van der Waals surface area contributed by atoms with Crippen LogP contribution in [0.3, 0.4) is 0 Å². The molecule has 2 aliphatic rings. The van der Waals surface area contributed by atoms with Gasteiger partial charge in [0.15, 0.2) is 0 Å². The number of para-hydroxylation sites is 1. The van der Waals surface area contributed by atoms with E-state index in [1.165, 1.54) is 16.7 Å². The number of benzene rings is 1. The lowest BCUT2D eigenvalue weighted by Gasteiger charge is -2.19. The van der Waals surface area contributed by atoms with Gasteiger partial charge in [0, 0.05) is 24.6 Å². The average Bonchev–Trinajstić information content (AvgIpc) is 3.13. The quantitative estimate of drug-likeness (QED) is 0.536. The van der Waals surface area contributed by atoms with Gasteiger partial charge in [-0.15, -0.1) is 0 Å². The standard InChI is InChI=1S/C19H22N2O2S3/c1-2-3-11-21-18(23)16(26-19(21)24)9-10-17-20(12-6-13-22)14-7-4-5-8-15(14)25-17/h4-5,7-10,22H,2-3,6,11-13H2,1H3/b16-9+,17-10-. The van der Waals surface area contributed by atoms with Crippen molar-refractivity contribution < 1.29 is 9.90 Å². The summed E-state index contributed by atoms with van der Waals surface area (Å²) >= 11 is 8.42. The molecule has 0 radical (unpaired) electrons. The van der Waals surface area contributed by atoms with Gasteiger partial charge in [0.2, 0.25) is 0 Å². The topological polar surface area (TPSA) is 43.8 Å². The minimum Gasteiger partial charge on any atom is -0.396 e. The van der Waals surface area contributed by atoms with Gasteiger partial charge in [-0.2, -0.15) is 0 Å². The van der Waals surface area contributed by atoms with Gasteiger partial charge in [-0.25, -0.2) is 0 Å². The summed E-state index contributed by atoms with van der Waals surface area (Å²) in [5.41, 5.74) is 1.15. The highest BCUT2D eigenvalue weighted by Crippen LogP contribution is 2.46. The van der Waals surface area contributed by atoms with Gasteiger partial charge >= 0.3 is 0 Å². The highest BCUT2D eigenvalue weighted by Gasteiger charge is 2.31. The van der Waals surface area contributed by atoms with Gasteiger partial charge < -0.3 is 10.0 Å². The number of amides is 1. The number of thiocarbonyl (C=S) groups is 1. The maximum absolute atomic E-state index is 12.6. The lowest BCUT2D eigenvalue weighted by Crippen LogP contribution is -2.28. The first-order valence-electron chi connectivity index (χ1n) is 8.76. The van der Waals surface area contributed by atoms with E-state index in [9.17, 15) is 9.90 Å². The van der Waals surface area contributed by atoms with Crippen molar-refractivity contribution in [2.24, 2.45) is 0 Å². The van der Waals surface area contributed by atoms with Crippen molar-refractivity contribution in [3.8, 4) is 0 Å². The van der Waals surface area contributed by atoms with Crippen molar-refractivity contribution in [2.75, 3.05) is 24.6 Å². The molecule has 1 saturated heterocycles. The van der Waals surface area contributed by atoms with Crippen molar-refractivity contribution in [3.63, 3.8) is 0 Å². The number of rotatable bonds is 7. The molecule has 26 heavy (non-hydrogen) atoms. The van der Waals surface area contributed by atoms with Crippen LogP contribution in [0, 0.1) is 0 Å². The van der Waals surface area contributed by atoms with E-state index in [-0.39, 0.29) is 12.5 Å². The molecule has 0 atom stereocenters. The number of carbonyl (C=O) groups is 1. The number of hydrogen-bond donors (Lipinski definition) is 1. The van der Waals surface area contributed by atoms with Crippen molar-refractivity contribution in [2.45, 2.75) is 31.1 Å². The van der Waals surface area contributed by atoms with Crippen molar-refractivity contribution in [1.82, 2.24) is 4.90 Å². The molecule has 0 saturated carbocycles. The zero-order valence-corrected chi connectivity index (χ0v) is 17.1. The molecular weight excluding hydrogens is 384 g/mol. The Labute approximate surface area is 168 Å². The third-order valence-corrected chi connectivity index (χ3v) is 6.69.